The van der Waals surface area contributed by atoms with Gasteiger partial charge in [0.1, 0.15) is 0 Å². The van der Waals surface area contributed by atoms with Crippen LogP contribution in [0.1, 0.15) is 23.8 Å². The second kappa shape index (κ2) is 6.66. The van der Waals surface area contributed by atoms with Gasteiger partial charge in [0.25, 0.3) is 5.91 Å². The van der Waals surface area contributed by atoms with Crippen molar-refractivity contribution in [1.29, 1.82) is 5.41 Å². The molecule has 0 bridgehead atoms. The van der Waals surface area contributed by atoms with Crippen LogP contribution >= 0.6 is 11.6 Å². The lowest BCUT2D eigenvalue weighted by Gasteiger charge is -2.10. The molecule has 9 nitrogen and oxygen atoms in total. The number of carbonyl (C=O) groups is 2. The number of halogens is 1. The molecule has 2 amide bonds. The zero-order valence-electron chi connectivity index (χ0n) is 10.9. The van der Waals surface area contributed by atoms with Crippen LogP contribution < -0.4 is 21.7 Å². The van der Waals surface area contributed by atoms with Gasteiger partial charge < -0.3 is 11.1 Å². The smallest absolute Gasteiger partial charge is 0.280 e. The molecule has 0 radical (unpaired) electrons. The van der Waals surface area contributed by atoms with Gasteiger partial charge in [-0.2, -0.15) is 0 Å². The molecule has 1 heterocycles. The fourth-order valence-electron chi connectivity index (χ4n) is 1.19. The van der Waals surface area contributed by atoms with Crippen molar-refractivity contribution < 1.29 is 9.59 Å². The van der Waals surface area contributed by atoms with Gasteiger partial charge >= 0.3 is 0 Å². The van der Waals surface area contributed by atoms with Crippen molar-refractivity contribution in [3.8, 4) is 0 Å². The Kier molecular flexibility index (Phi) is 5.21. The molecule has 20 heavy (non-hydrogen) atoms. The Morgan fingerprint density at radius 2 is 2.00 bits per heavy atom. The van der Waals surface area contributed by atoms with Gasteiger partial charge in [-0.05, 0) is 0 Å². The lowest BCUT2D eigenvalue weighted by Crippen LogP contribution is -2.43. The van der Waals surface area contributed by atoms with Crippen molar-refractivity contribution in [2.24, 2.45) is 0 Å². The number of amides is 2. The topological polar surface area (TPSA) is 146 Å². The molecule has 0 aliphatic rings. The molecule has 108 valence electrons. The Morgan fingerprint density at radius 3 is 2.55 bits per heavy atom. The number of guanidine groups is 1. The van der Waals surface area contributed by atoms with Crippen molar-refractivity contribution in [2.75, 3.05) is 18.1 Å². The summed E-state index contributed by atoms with van der Waals surface area (Å²) in [5, 5.41) is 14.3. The molecule has 0 aliphatic heterocycles. The van der Waals surface area contributed by atoms with Gasteiger partial charge in [-0.15, -0.1) is 0 Å². The summed E-state index contributed by atoms with van der Waals surface area (Å²) in [6, 6.07) is 0. The molecule has 1 rings (SSSR count). The molecular formula is C10H14ClN7O2. The Balaban J connectivity index is 2.85. The highest BCUT2D eigenvalue weighted by atomic mass is 35.5. The van der Waals surface area contributed by atoms with Gasteiger partial charge in [0, 0.05) is 13.5 Å². The van der Waals surface area contributed by atoms with E-state index in [4.69, 9.17) is 22.7 Å². The highest BCUT2D eigenvalue weighted by Crippen LogP contribution is 2.19. The number of carbonyl (C=O) groups excluding carboxylic acids is 2. The van der Waals surface area contributed by atoms with Crippen LogP contribution in [-0.2, 0) is 4.79 Å². The first-order valence-corrected chi connectivity index (χ1v) is 5.97. The number of aromatic nitrogens is 2. The van der Waals surface area contributed by atoms with Crippen molar-refractivity contribution in [2.45, 2.75) is 13.3 Å². The summed E-state index contributed by atoms with van der Waals surface area (Å²) in [5.41, 5.74) is 5.35. The molecule has 0 atom stereocenters. The second-order valence-corrected chi connectivity index (χ2v) is 3.94. The number of nitrogens with zero attached hydrogens (tertiary/aromatic N) is 2. The number of hydrogen-bond donors (Lipinski definition) is 5. The molecule has 1 aromatic rings. The highest BCUT2D eigenvalue weighted by molar-refractivity contribution is 6.32. The molecule has 0 saturated heterocycles. The van der Waals surface area contributed by atoms with Crippen LogP contribution in [-0.4, -0.2) is 34.8 Å². The maximum absolute atomic E-state index is 11.8. The van der Waals surface area contributed by atoms with Gasteiger partial charge in [-0.25, -0.2) is 9.97 Å². The molecule has 0 fully saturated rings. The van der Waals surface area contributed by atoms with E-state index in [2.05, 4.69) is 25.9 Å². The lowest BCUT2D eigenvalue weighted by atomic mass is 10.3. The first kappa shape index (κ1) is 15.6. The van der Waals surface area contributed by atoms with Gasteiger partial charge in [-0.3, -0.25) is 25.6 Å². The second-order valence-electron chi connectivity index (χ2n) is 3.58. The Hall–Kier alpha value is -2.42. The van der Waals surface area contributed by atoms with E-state index >= 15 is 0 Å². The summed E-state index contributed by atoms with van der Waals surface area (Å²) in [5.74, 6) is -1.59. The van der Waals surface area contributed by atoms with E-state index in [9.17, 15) is 9.59 Å². The van der Waals surface area contributed by atoms with E-state index < -0.39 is 17.8 Å². The van der Waals surface area contributed by atoms with Crippen LogP contribution in [0.25, 0.3) is 0 Å². The zero-order chi connectivity index (χ0) is 15.3. The molecular weight excluding hydrogens is 286 g/mol. The quantitative estimate of drug-likeness (QED) is 0.390. The maximum Gasteiger partial charge on any atom is 0.280 e. The number of nitrogens with one attached hydrogen (secondary N) is 4. The maximum atomic E-state index is 11.8. The third-order valence-electron chi connectivity index (χ3n) is 2.16. The van der Waals surface area contributed by atoms with Crippen LogP contribution in [0.2, 0.25) is 5.15 Å². The van der Waals surface area contributed by atoms with Crippen LogP contribution in [0.4, 0.5) is 11.6 Å². The Bertz CT molecular complexity index is 561. The molecule has 6 N–H and O–H groups in total. The van der Waals surface area contributed by atoms with Crippen molar-refractivity contribution >= 4 is 41.0 Å². The predicted molar refractivity (Wildman–Crippen MR) is 74.6 cm³/mol. The number of nitrogens with two attached hydrogens (primary N) is 1. The Labute approximate surface area is 119 Å². The van der Waals surface area contributed by atoms with E-state index in [1.807, 2.05) is 0 Å². The van der Waals surface area contributed by atoms with Crippen molar-refractivity contribution in [3.05, 3.63) is 10.8 Å². The molecule has 0 aliphatic carbocycles. The summed E-state index contributed by atoms with van der Waals surface area (Å²) in [4.78, 5) is 30.5. The standard InChI is InChI=1S/C10H14ClN7O2/c1-3-4(19)15-10(13)18-9(20)5-7(12)17-8(14-2)6(11)16-5/h3H2,1-2H3,(H3,12,14,17)(H3,13,15,18,19,20). The third kappa shape index (κ3) is 3.79. The van der Waals surface area contributed by atoms with Gasteiger partial charge in [0.05, 0.1) is 0 Å². The third-order valence-corrected chi connectivity index (χ3v) is 2.42. The predicted octanol–water partition coefficient (Wildman–Crippen LogP) is -0.0553. The summed E-state index contributed by atoms with van der Waals surface area (Å²) >= 11 is 5.79. The zero-order valence-corrected chi connectivity index (χ0v) is 11.6. The van der Waals surface area contributed by atoms with Gasteiger partial charge in [0.15, 0.2) is 22.5 Å². The van der Waals surface area contributed by atoms with E-state index in [0.717, 1.165) is 0 Å². The first-order chi connectivity index (χ1) is 9.38. The summed E-state index contributed by atoms with van der Waals surface area (Å²) in [6.45, 7) is 1.62. The largest absolute Gasteiger partial charge is 0.382 e. The number of hydrogen-bond acceptors (Lipinski definition) is 7. The molecule has 0 aromatic carbocycles. The number of nitrogen functional groups attached to an aromatic ring is 1. The van der Waals surface area contributed by atoms with Gasteiger partial charge in [0.2, 0.25) is 11.9 Å². The van der Waals surface area contributed by atoms with Gasteiger partial charge in [-0.1, -0.05) is 18.5 Å². The molecule has 0 unspecified atom stereocenters. The van der Waals surface area contributed by atoms with Crippen LogP contribution in [0.5, 0.6) is 0 Å². The molecule has 1 aromatic heterocycles. The van der Waals surface area contributed by atoms with E-state index in [1.165, 1.54) is 0 Å². The fourth-order valence-corrected chi connectivity index (χ4v) is 1.41. The highest BCUT2D eigenvalue weighted by Gasteiger charge is 2.18. The van der Waals surface area contributed by atoms with Crippen LogP contribution in [0, 0.1) is 5.41 Å². The number of anilines is 2. The molecule has 10 heteroatoms. The van der Waals surface area contributed by atoms with E-state index in [1.54, 1.807) is 14.0 Å². The summed E-state index contributed by atoms with van der Waals surface area (Å²) < 4.78 is 0. The lowest BCUT2D eigenvalue weighted by molar-refractivity contribution is -0.119. The first-order valence-electron chi connectivity index (χ1n) is 5.59. The average molecular weight is 300 g/mol. The fraction of sp³-hybridized carbons (Fsp3) is 0.300. The minimum absolute atomic E-state index is 0.0315. The van der Waals surface area contributed by atoms with Crippen molar-refractivity contribution in [3.63, 3.8) is 0 Å². The minimum atomic E-state index is -0.791. The SMILES string of the molecule is CCC(=O)NC(=N)NC(=O)c1nc(Cl)c(NC)nc1N. The molecule has 0 saturated carbocycles. The average Bonchev–Trinajstić information content (AvgIpc) is 2.40. The number of rotatable bonds is 3. The van der Waals surface area contributed by atoms with Crippen molar-refractivity contribution in [1.82, 2.24) is 20.6 Å². The van der Waals surface area contributed by atoms with E-state index in [-0.39, 0.29) is 28.9 Å². The molecule has 0 spiro atoms. The summed E-state index contributed by atoms with van der Waals surface area (Å²) in [7, 11) is 1.57. The Morgan fingerprint density at radius 1 is 1.35 bits per heavy atom. The minimum Gasteiger partial charge on any atom is -0.382 e. The van der Waals surface area contributed by atoms with E-state index in [0.29, 0.717) is 0 Å². The van der Waals surface area contributed by atoms with Crippen LogP contribution in [0.3, 0.4) is 0 Å². The summed E-state index contributed by atoms with van der Waals surface area (Å²) in [6.07, 6.45) is 0.183. The normalized spacial score (nSPS) is 9.75. The monoisotopic (exact) mass is 299 g/mol. The van der Waals surface area contributed by atoms with Crippen LogP contribution in [0.15, 0.2) is 0 Å².